The lowest BCUT2D eigenvalue weighted by molar-refractivity contribution is 0.554. The van der Waals surface area contributed by atoms with Crippen LogP contribution in [0.2, 0.25) is 0 Å². The molecule has 86 valence electrons. The molecule has 1 nitrogen and oxygen atoms in total. The summed E-state index contributed by atoms with van der Waals surface area (Å²) in [5.74, 6) is 0.496. The van der Waals surface area contributed by atoms with Crippen LogP contribution in [0.5, 0.6) is 0 Å². The zero-order chi connectivity index (χ0) is 11.8. The van der Waals surface area contributed by atoms with Crippen LogP contribution in [0.4, 0.5) is 0 Å². The fraction of sp³-hybridized carbons (Fsp3) is 0.643. The summed E-state index contributed by atoms with van der Waals surface area (Å²) in [5, 5.41) is 0. The van der Waals surface area contributed by atoms with E-state index in [0.29, 0.717) is 12.0 Å². The van der Waals surface area contributed by atoms with Crippen LogP contribution in [0.1, 0.15) is 47.5 Å². The number of hydrogen-bond acceptors (Lipinski definition) is 1. The lowest BCUT2D eigenvalue weighted by atomic mass is 9.95. The Morgan fingerprint density at radius 1 is 1.27 bits per heavy atom. The largest absolute Gasteiger partial charge is 0.291 e. The maximum Gasteiger partial charge on any atom is 0.0533 e. The van der Waals surface area contributed by atoms with Crippen LogP contribution in [-0.2, 0) is 0 Å². The Bertz CT molecular complexity index is 242. The normalized spacial score (nSPS) is 15.7. The lowest BCUT2D eigenvalue weighted by Crippen LogP contribution is -2.15. The molecule has 0 N–H and O–H groups in total. The van der Waals surface area contributed by atoms with Crippen molar-refractivity contribution >= 4 is 5.71 Å². The molecule has 0 aliphatic heterocycles. The van der Waals surface area contributed by atoms with E-state index in [1.165, 1.54) is 11.3 Å². The minimum absolute atomic E-state index is 0.371. The number of aliphatic imine (C=N–C) groups is 1. The van der Waals surface area contributed by atoms with E-state index in [9.17, 15) is 0 Å². The first-order valence-corrected chi connectivity index (χ1v) is 5.91. The predicted octanol–water partition coefficient (Wildman–Crippen LogP) is 4.40. The number of hydrogen-bond donors (Lipinski definition) is 0. The van der Waals surface area contributed by atoms with Gasteiger partial charge in [0.05, 0.1) is 6.04 Å². The van der Waals surface area contributed by atoms with Gasteiger partial charge in [0.25, 0.3) is 0 Å². The highest BCUT2D eigenvalue weighted by Gasteiger charge is 2.12. The van der Waals surface area contributed by atoms with Crippen LogP contribution < -0.4 is 0 Å². The van der Waals surface area contributed by atoms with Crippen molar-refractivity contribution in [3.63, 3.8) is 0 Å². The Kier molecular flexibility index (Phi) is 7.02. The van der Waals surface area contributed by atoms with Crippen LogP contribution >= 0.6 is 0 Å². The molecule has 2 unspecified atom stereocenters. The van der Waals surface area contributed by atoms with Crippen molar-refractivity contribution in [1.29, 1.82) is 0 Å². The Morgan fingerprint density at radius 2 is 1.80 bits per heavy atom. The van der Waals surface area contributed by atoms with E-state index in [-0.39, 0.29) is 0 Å². The first-order chi connectivity index (χ1) is 7.06. The Balaban J connectivity index is 4.56. The molecule has 2 atom stereocenters. The molecule has 0 aromatic carbocycles. The summed E-state index contributed by atoms with van der Waals surface area (Å²) in [4.78, 5) is 4.76. The van der Waals surface area contributed by atoms with E-state index < -0.39 is 0 Å². The summed E-state index contributed by atoms with van der Waals surface area (Å²) in [7, 11) is 0. The van der Waals surface area contributed by atoms with Crippen molar-refractivity contribution < 1.29 is 0 Å². The zero-order valence-corrected chi connectivity index (χ0v) is 10.9. The van der Waals surface area contributed by atoms with E-state index in [4.69, 9.17) is 4.99 Å². The molecule has 0 aliphatic rings. The zero-order valence-electron chi connectivity index (χ0n) is 10.9. The van der Waals surface area contributed by atoms with Crippen LogP contribution in [0.15, 0.2) is 29.3 Å². The van der Waals surface area contributed by atoms with Gasteiger partial charge in [0, 0.05) is 5.71 Å². The topological polar surface area (TPSA) is 12.4 Å². The van der Waals surface area contributed by atoms with Crippen molar-refractivity contribution in [2.45, 2.75) is 53.5 Å². The van der Waals surface area contributed by atoms with Crippen LogP contribution in [0, 0.1) is 5.92 Å². The van der Waals surface area contributed by atoms with Crippen molar-refractivity contribution in [1.82, 2.24) is 0 Å². The van der Waals surface area contributed by atoms with Gasteiger partial charge in [-0.2, -0.15) is 0 Å². The molecule has 0 amide bonds. The highest BCUT2D eigenvalue weighted by molar-refractivity contribution is 5.84. The maximum atomic E-state index is 4.76. The number of nitrogens with zero attached hydrogens (tertiary/aromatic N) is 1. The average molecular weight is 207 g/mol. The SMILES string of the molecule is C=C/C=C(\C)C(C)C(C)N=C(CC)CC. The quantitative estimate of drug-likeness (QED) is 0.452. The van der Waals surface area contributed by atoms with Gasteiger partial charge in [-0.3, -0.25) is 4.99 Å². The molecule has 0 aromatic heterocycles. The Hall–Kier alpha value is -0.850. The second-order valence-electron chi connectivity index (χ2n) is 4.08. The summed E-state index contributed by atoms with van der Waals surface area (Å²) in [5.41, 5.74) is 2.67. The molecule has 0 aromatic rings. The van der Waals surface area contributed by atoms with Gasteiger partial charge in [0.1, 0.15) is 0 Å². The number of allylic oxidation sites excluding steroid dienone is 2. The second kappa shape index (κ2) is 7.44. The van der Waals surface area contributed by atoms with Gasteiger partial charge >= 0.3 is 0 Å². The predicted molar refractivity (Wildman–Crippen MR) is 70.6 cm³/mol. The van der Waals surface area contributed by atoms with Crippen molar-refractivity contribution in [2.75, 3.05) is 0 Å². The molecular formula is C14H25N. The van der Waals surface area contributed by atoms with Gasteiger partial charge in [-0.1, -0.05) is 45.1 Å². The molecular weight excluding hydrogens is 182 g/mol. The molecule has 0 fully saturated rings. The third-order valence-electron chi connectivity index (χ3n) is 3.03. The molecule has 0 heterocycles. The third kappa shape index (κ3) is 4.96. The fourth-order valence-corrected chi connectivity index (χ4v) is 1.55. The highest BCUT2D eigenvalue weighted by Crippen LogP contribution is 2.17. The summed E-state index contributed by atoms with van der Waals surface area (Å²) >= 11 is 0. The molecule has 0 saturated carbocycles. The summed E-state index contributed by atoms with van der Waals surface area (Å²) < 4.78 is 0. The van der Waals surface area contributed by atoms with E-state index in [2.05, 4.69) is 47.3 Å². The van der Waals surface area contributed by atoms with Crippen molar-refractivity contribution in [3.05, 3.63) is 24.3 Å². The minimum atomic E-state index is 0.371. The van der Waals surface area contributed by atoms with E-state index in [0.717, 1.165) is 12.8 Å². The lowest BCUT2D eigenvalue weighted by Gasteiger charge is -2.18. The van der Waals surface area contributed by atoms with Gasteiger partial charge in [-0.05, 0) is 32.6 Å². The average Bonchev–Trinajstić information content (AvgIpc) is 2.24. The molecule has 15 heavy (non-hydrogen) atoms. The maximum absolute atomic E-state index is 4.76. The fourth-order valence-electron chi connectivity index (χ4n) is 1.55. The molecule has 1 heteroatoms. The van der Waals surface area contributed by atoms with Crippen LogP contribution in [0.25, 0.3) is 0 Å². The van der Waals surface area contributed by atoms with E-state index >= 15 is 0 Å². The summed E-state index contributed by atoms with van der Waals surface area (Å²) in [6.07, 6.45) is 6.06. The van der Waals surface area contributed by atoms with Crippen molar-refractivity contribution in [2.24, 2.45) is 10.9 Å². The summed E-state index contributed by atoms with van der Waals surface area (Å²) in [6.45, 7) is 14.6. The van der Waals surface area contributed by atoms with Gasteiger partial charge in [-0.15, -0.1) is 0 Å². The van der Waals surface area contributed by atoms with E-state index in [1.807, 2.05) is 6.08 Å². The molecule has 0 rings (SSSR count). The summed E-state index contributed by atoms with van der Waals surface area (Å²) in [6, 6.07) is 0.371. The van der Waals surface area contributed by atoms with Gasteiger partial charge < -0.3 is 0 Å². The van der Waals surface area contributed by atoms with Crippen molar-refractivity contribution in [3.8, 4) is 0 Å². The Morgan fingerprint density at radius 3 is 2.20 bits per heavy atom. The van der Waals surface area contributed by atoms with Gasteiger partial charge in [0.2, 0.25) is 0 Å². The second-order valence-corrected chi connectivity index (χ2v) is 4.08. The Labute approximate surface area is 95.0 Å². The van der Waals surface area contributed by atoms with Crippen LogP contribution in [0.3, 0.4) is 0 Å². The minimum Gasteiger partial charge on any atom is -0.291 e. The molecule has 0 bridgehead atoms. The smallest absolute Gasteiger partial charge is 0.0533 e. The first-order valence-electron chi connectivity index (χ1n) is 5.91. The van der Waals surface area contributed by atoms with Crippen LogP contribution in [-0.4, -0.2) is 11.8 Å². The molecule has 0 radical (unpaired) electrons. The van der Waals surface area contributed by atoms with Gasteiger partial charge in [-0.25, -0.2) is 0 Å². The van der Waals surface area contributed by atoms with E-state index in [1.54, 1.807) is 0 Å². The molecule has 0 spiro atoms. The van der Waals surface area contributed by atoms with Gasteiger partial charge in [0.15, 0.2) is 0 Å². The highest BCUT2D eigenvalue weighted by atomic mass is 14.8. The molecule has 0 aliphatic carbocycles. The monoisotopic (exact) mass is 207 g/mol. The molecule has 0 saturated heterocycles. The number of rotatable bonds is 6. The first kappa shape index (κ1) is 14.2. The standard InChI is InChI=1S/C14H25N/c1-7-10-11(4)12(5)13(6)15-14(8-2)9-3/h7,10,12-13H,1,8-9H2,2-6H3/b11-10+. The third-order valence-corrected chi connectivity index (χ3v) is 3.03.